The molecule has 1 atom stereocenters. The molecule has 1 nitrogen and oxygen atoms in total. The van der Waals surface area contributed by atoms with E-state index in [1.54, 1.807) is 12.1 Å². The van der Waals surface area contributed by atoms with Crippen molar-refractivity contribution in [2.75, 3.05) is 6.54 Å². The molecule has 20 heavy (non-hydrogen) atoms. The number of rotatable bonds is 4. The maximum atomic E-state index is 14.1. The molecule has 0 fully saturated rings. The molecule has 0 saturated heterocycles. The number of hydrogen-bond acceptors (Lipinski definition) is 1. The Hall–Kier alpha value is -1.33. The van der Waals surface area contributed by atoms with Crippen molar-refractivity contribution in [1.29, 1.82) is 0 Å². The van der Waals surface area contributed by atoms with E-state index >= 15 is 0 Å². The van der Waals surface area contributed by atoms with Gasteiger partial charge in [0.05, 0.1) is 6.04 Å². The third kappa shape index (κ3) is 3.41. The van der Waals surface area contributed by atoms with Crippen LogP contribution in [-0.4, -0.2) is 6.54 Å². The third-order valence-electron chi connectivity index (χ3n) is 2.90. The molecule has 0 aliphatic heterocycles. The van der Waals surface area contributed by atoms with Crippen molar-refractivity contribution in [1.82, 2.24) is 5.32 Å². The maximum absolute atomic E-state index is 14.1. The Morgan fingerprint density at radius 2 is 1.70 bits per heavy atom. The van der Waals surface area contributed by atoms with Crippen LogP contribution in [0, 0.1) is 17.5 Å². The summed E-state index contributed by atoms with van der Waals surface area (Å²) in [5.41, 5.74) is 0.700. The van der Waals surface area contributed by atoms with Crippen LogP contribution in [0.15, 0.2) is 40.9 Å². The van der Waals surface area contributed by atoms with Gasteiger partial charge < -0.3 is 5.32 Å². The summed E-state index contributed by atoms with van der Waals surface area (Å²) in [5.74, 6) is -1.80. The van der Waals surface area contributed by atoms with E-state index in [2.05, 4.69) is 21.2 Å². The van der Waals surface area contributed by atoms with Gasteiger partial charge in [0, 0.05) is 16.1 Å². The molecule has 0 saturated carbocycles. The Morgan fingerprint density at radius 1 is 1.05 bits per heavy atom. The molecule has 0 amide bonds. The van der Waals surface area contributed by atoms with E-state index in [9.17, 15) is 13.2 Å². The molecule has 2 aromatic carbocycles. The first-order chi connectivity index (χ1) is 9.51. The predicted octanol–water partition coefficient (Wildman–Crippen LogP) is 4.57. The van der Waals surface area contributed by atoms with E-state index in [1.165, 1.54) is 18.2 Å². The number of benzene rings is 2. The predicted molar refractivity (Wildman–Crippen MR) is 76.0 cm³/mol. The molecule has 2 aromatic rings. The van der Waals surface area contributed by atoms with E-state index < -0.39 is 23.5 Å². The Labute approximate surface area is 123 Å². The first-order valence-corrected chi connectivity index (χ1v) is 6.95. The van der Waals surface area contributed by atoms with Gasteiger partial charge in [-0.1, -0.05) is 28.9 Å². The Kier molecular flexibility index (Phi) is 4.83. The number of hydrogen-bond donors (Lipinski definition) is 1. The second-order valence-corrected chi connectivity index (χ2v) is 5.27. The summed E-state index contributed by atoms with van der Waals surface area (Å²) in [5, 5.41) is 3.04. The quantitative estimate of drug-likeness (QED) is 0.857. The van der Waals surface area contributed by atoms with E-state index in [4.69, 9.17) is 0 Å². The van der Waals surface area contributed by atoms with Crippen LogP contribution in [0.1, 0.15) is 24.1 Å². The average molecular weight is 344 g/mol. The Balaban J connectivity index is 2.49. The second kappa shape index (κ2) is 6.41. The second-order valence-electron chi connectivity index (χ2n) is 4.36. The van der Waals surface area contributed by atoms with Gasteiger partial charge in [-0.3, -0.25) is 0 Å². The fourth-order valence-corrected chi connectivity index (χ4v) is 2.42. The van der Waals surface area contributed by atoms with Crippen LogP contribution in [0.2, 0.25) is 0 Å². The molecule has 0 spiro atoms. The van der Waals surface area contributed by atoms with E-state index in [1.807, 2.05) is 6.92 Å². The zero-order chi connectivity index (χ0) is 14.7. The van der Waals surface area contributed by atoms with Crippen molar-refractivity contribution in [2.45, 2.75) is 13.0 Å². The molecule has 0 radical (unpaired) electrons. The molecule has 1 N–H and O–H groups in total. The molecular weight excluding hydrogens is 331 g/mol. The topological polar surface area (TPSA) is 12.0 Å². The molecule has 5 heteroatoms. The highest BCUT2D eigenvalue weighted by Crippen LogP contribution is 2.27. The molecule has 106 valence electrons. The van der Waals surface area contributed by atoms with Crippen LogP contribution in [0.5, 0.6) is 0 Å². The third-order valence-corrected chi connectivity index (χ3v) is 3.39. The van der Waals surface area contributed by atoms with Crippen molar-refractivity contribution in [3.05, 3.63) is 69.4 Å². The maximum Gasteiger partial charge on any atom is 0.129 e. The van der Waals surface area contributed by atoms with Crippen molar-refractivity contribution in [3.8, 4) is 0 Å². The summed E-state index contributed by atoms with van der Waals surface area (Å²) in [6.45, 7) is 2.39. The summed E-state index contributed by atoms with van der Waals surface area (Å²) in [6, 6.07) is 7.22. The van der Waals surface area contributed by atoms with Crippen LogP contribution < -0.4 is 5.32 Å². The largest absolute Gasteiger partial charge is 0.306 e. The number of nitrogens with one attached hydrogen (secondary N) is 1. The fourth-order valence-electron chi connectivity index (χ4n) is 2.09. The molecule has 0 aliphatic rings. The molecule has 2 rings (SSSR count). The smallest absolute Gasteiger partial charge is 0.129 e. The van der Waals surface area contributed by atoms with E-state index in [-0.39, 0.29) is 0 Å². The van der Waals surface area contributed by atoms with Crippen molar-refractivity contribution >= 4 is 15.9 Å². The van der Waals surface area contributed by atoms with Crippen molar-refractivity contribution < 1.29 is 13.2 Å². The monoisotopic (exact) mass is 343 g/mol. The molecule has 0 heterocycles. The summed E-state index contributed by atoms with van der Waals surface area (Å²) in [4.78, 5) is 0. The Morgan fingerprint density at radius 3 is 2.25 bits per heavy atom. The molecule has 0 aromatic heterocycles. The highest BCUT2D eigenvalue weighted by atomic mass is 79.9. The van der Waals surface area contributed by atoms with Gasteiger partial charge in [0.2, 0.25) is 0 Å². The summed E-state index contributed by atoms with van der Waals surface area (Å²) < 4.78 is 41.3. The molecular formula is C15H13BrF3N. The SMILES string of the molecule is CCNC(c1cc(F)cc(F)c1)c1ccc(Br)cc1F. The highest BCUT2D eigenvalue weighted by Gasteiger charge is 2.18. The van der Waals surface area contributed by atoms with E-state index in [0.29, 0.717) is 22.1 Å². The van der Waals surface area contributed by atoms with Crippen LogP contribution in [-0.2, 0) is 0 Å². The standard InChI is InChI=1S/C15H13BrF3N/c1-2-20-15(9-5-11(17)8-12(18)6-9)13-4-3-10(16)7-14(13)19/h3-8,15,20H,2H2,1H3. The molecule has 0 aliphatic carbocycles. The number of halogens is 4. The lowest BCUT2D eigenvalue weighted by molar-refractivity contribution is 0.543. The lowest BCUT2D eigenvalue weighted by atomic mass is 9.98. The minimum Gasteiger partial charge on any atom is -0.306 e. The van der Waals surface area contributed by atoms with Gasteiger partial charge in [-0.2, -0.15) is 0 Å². The van der Waals surface area contributed by atoms with Gasteiger partial charge >= 0.3 is 0 Å². The first-order valence-electron chi connectivity index (χ1n) is 6.15. The van der Waals surface area contributed by atoms with Crippen molar-refractivity contribution in [2.24, 2.45) is 0 Å². The minimum absolute atomic E-state index is 0.347. The summed E-state index contributed by atoms with van der Waals surface area (Å²) in [7, 11) is 0. The van der Waals surface area contributed by atoms with Gasteiger partial charge in [0.15, 0.2) is 0 Å². The van der Waals surface area contributed by atoms with Gasteiger partial charge in [-0.25, -0.2) is 13.2 Å². The zero-order valence-electron chi connectivity index (χ0n) is 10.8. The highest BCUT2D eigenvalue weighted by molar-refractivity contribution is 9.10. The van der Waals surface area contributed by atoms with Crippen LogP contribution in [0.3, 0.4) is 0 Å². The lowest BCUT2D eigenvalue weighted by Gasteiger charge is -2.20. The van der Waals surface area contributed by atoms with Gasteiger partial charge in [-0.05, 0) is 36.4 Å². The summed E-state index contributed by atoms with van der Waals surface area (Å²) >= 11 is 3.18. The Bertz CT molecular complexity index is 596. The van der Waals surface area contributed by atoms with Crippen LogP contribution in [0.4, 0.5) is 13.2 Å². The zero-order valence-corrected chi connectivity index (χ0v) is 12.3. The minimum atomic E-state index is -0.680. The van der Waals surface area contributed by atoms with E-state index in [0.717, 1.165) is 6.07 Å². The van der Waals surface area contributed by atoms with Crippen molar-refractivity contribution in [3.63, 3.8) is 0 Å². The fraction of sp³-hybridized carbons (Fsp3) is 0.200. The lowest BCUT2D eigenvalue weighted by Crippen LogP contribution is -2.23. The normalized spacial score (nSPS) is 12.4. The van der Waals surface area contributed by atoms with Gasteiger partial charge in [0.1, 0.15) is 17.5 Å². The summed E-state index contributed by atoms with van der Waals surface area (Å²) in [6.07, 6.45) is 0. The van der Waals surface area contributed by atoms with Crippen LogP contribution >= 0.6 is 15.9 Å². The first kappa shape index (κ1) is 15.1. The van der Waals surface area contributed by atoms with Gasteiger partial charge in [-0.15, -0.1) is 0 Å². The molecule has 1 unspecified atom stereocenters. The molecule has 0 bridgehead atoms. The average Bonchev–Trinajstić information content (AvgIpc) is 2.35. The van der Waals surface area contributed by atoms with Gasteiger partial charge in [0.25, 0.3) is 0 Å². The van der Waals surface area contributed by atoms with Crippen LogP contribution in [0.25, 0.3) is 0 Å².